The highest BCUT2D eigenvalue weighted by Gasteiger charge is 2.46. The molecule has 0 aliphatic carbocycles. The summed E-state index contributed by atoms with van der Waals surface area (Å²) in [5.41, 5.74) is -1.00. The van der Waals surface area contributed by atoms with Crippen molar-refractivity contribution < 1.29 is 24.3 Å². The van der Waals surface area contributed by atoms with Crippen molar-refractivity contribution in [3.63, 3.8) is 0 Å². The maximum atomic E-state index is 11.9. The minimum absolute atomic E-state index is 0.126. The van der Waals surface area contributed by atoms with Gasteiger partial charge in [0.15, 0.2) is 0 Å². The lowest BCUT2D eigenvalue weighted by Gasteiger charge is -2.37. The number of nitrogens with zero attached hydrogens (tertiary/aromatic N) is 2. The van der Waals surface area contributed by atoms with Gasteiger partial charge in [0.1, 0.15) is 12.1 Å². The summed E-state index contributed by atoms with van der Waals surface area (Å²) >= 11 is 0. The minimum atomic E-state index is -1.00. The van der Waals surface area contributed by atoms with Crippen LogP contribution in [0.15, 0.2) is 0 Å². The summed E-state index contributed by atoms with van der Waals surface area (Å²) in [5, 5.41) is 11.2. The molecule has 0 aromatic heterocycles. The molecule has 0 unspecified atom stereocenters. The molecule has 2 heterocycles. The molecular weight excluding hydrogens is 254 g/mol. The molecule has 104 valence electrons. The van der Waals surface area contributed by atoms with Crippen LogP contribution in [0.4, 0.5) is 4.79 Å². The van der Waals surface area contributed by atoms with Crippen LogP contribution in [0, 0.1) is 5.92 Å². The van der Waals surface area contributed by atoms with Gasteiger partial charge in [0.05, 0.1) is 5.92 Å². The highest BCUT2D eigenvalue weighted by Crippen LogP contribution is 2.19. The molecule has 2 rings (SSSR count). The second-order valence-corrected chi connectivity index (χ2v) is 5.28. The molecule has 0 bridgehead atoms. The Morgan fingerprint density at radius 2 is 1.95 bits per heavy atom. The van der Waals surface area contributed by atoms with Crippen molar-refractivity contribution in [2.75, 3.05) is 19.6 Å². The number of imide groups is 1. The Bertz CT molecular complexity index is 467. The van der Waals surface area contributed by atoms with E-state index < -0.39 is 35.3 Å². The van der Waals surface area contributed by atoms with E-state index in [-0.39, 0.29) is 19.6 Å². The van der Waals surface area contributed by atoms with Crippen molar-refractivity contribution in [2.24, 2.45) is 5.92 Å². The van der Waals surface area contributed by atoms with E-state index >= 15 is 0 Å². The third-order valence-corrected chi connectivity index (χ3v) is 3.32. The lowest BCUT2D eigenvalue weighted by Crippen LogP contribution is -2.56. The number of hydrogen-bond acceptors (Lipinski definition) is 4. The Morgan fingerprint density at radius 3 is 2.37 bits per heavy atom. The Kier molecular flexibility index (Phi) is 2.95. The number of rotatable bonds is 3. The molecule has 0 atom stereocenters. The zero-order valence-electron chi connectivity index (χ0n) is 10.7. The average Bonchev–Trinajstić information content (AvgIpc) is 2.38. The van der Waals surface area contributed by atoms with Crippen LogP contribution in [-0.2, 0) is 14.4 Å². The molecule has 19 heavy (non-hydrogen) atoms. The first kappa shape index (κ1) is 13.3. The summed E-state index contributed by atoms with van der Waals surface area (Å²) in [5.74, 6) is -2.37. The van der Waals surface area contributed by atoms with Gasteiger partial charge in [-0.25, -0.2) is 4.79 Å². The molecule has 8 heteroatoms. The van der Waals surface area contributed by atoms with Crippen LogP contribution in [0.5, 0.6) is 0 Å². The van der Waals surface area contributed by atoms with Gasteiger partial charge in [0.25, 0.3) is 5.91 Å². The fourth-order valence-corrected chi connectivity index (χ4v) is 2.04. The van der Waals surface area contributed by atoms with E-state index in [1.165, 1.54) is 4.90 Å². The number of amides is 4. The van der Waals surface area contributed by atoms with Crippen molar-refractivity contribution in [2.45, 2.75) is 19.4 Å². The van der Waals surface area contributed by atoms with Crippen molar-refractivity contribution in [1.82, 2.24) is 15.1 Å². The van der Waals surface area contributed by atoms with Gasteiger partial charge >= 0.3 is 12.0 Å². The predicted molar refractivity (Wildman–Crippen MR) is 62.0 cm³/mol. The maximum Gasteiger partial charge on any atom is 0.325 e. The third-order valence-electron chi connectivity index (χ3n) is 3.32. The Labute approximate surface area is 109 Å². The molecular formula is C11H15N3O5. The Morgan fingerprint density at radius 1 is 1.37 bits per heavy atom. The number of carbonyl (C=O) groups excluding carboxylic acids is 3. The smallest absolute Gasteiger partial charge is 0.325 e. The van der Waals surface area contributed by atoms with Crippen LogP contribution >= 0.6 is 0 Å². The minimum Gasteiger partial charge on any atom is -0.481 e. The van der Waals surface area contributed by atoms with Crippen molar-refractivity contribution in [3.8, 4) is 0 Å². The summed E-state index contributed by atoms with van der Waals surface area (Å²) < 4.78 is 0. The fourth-order valence-electron chi connectivity index (χ4n) is 2.04. The van der Waals surface area contributed by atoms with Gasteiger partial charge in [-0.05, 0) is 13.8 Å². The molecule has 2 N–H and O–H groups in total. The van der Waals surface area contributed by atoms with Gasteiger partial charge in [0, 0.05) is 13.1 Å². The van der Waals surface area contributed by atoms with E-state index in [2.05, 4.69) is 5.32 Å². The Hall–Kier alpha value is -2.12. The molecule has 8 nitrogen and oxygen atoms in total. The van der Waals surface area contributed by atoms with E-state index in [9.17, 15) is 19.2 Å². The SMILES string of the molecule is CC1(C)NC(=O)N(CC(=O)N2CC(C(=O)O)C2)C1=O. The van der Waals surface area contributed by atoms with Gasteiger partial charge in [-0.15, -0.1) is 0 Å². The predicted octanol–water partition coefficient (Wildman–Crippen LogP) is -1.14. The standard InChI is InChI=1S/C11H15N3O5/c1-11(2)9(18)14(10(19)12-11)5-7(15)13-3-6(4-13)8(16)17/h6H,3-5H2,1-2H3,(H,12,19)(H,16,17). The first-order valence-corrected chi connectivity index (χ1v) is 5.87. The number of urea groups is 1. The second kappa shape index (κ2) is 4.22. The topological polar surface area (TPSA) is 107 Å². The molecule has 2 saturated heterocycles. The highest BCUT2D eigenvalue weighted by molar-refractivity contribution is 6.08. The molecule has 0 saturated carbocycles. The second-order valence-electron chi connectivity index (χ2n) is 5.28. The van der Waals surface area contributed by atoms with Crippen LogP contribution < -0.4 is 5.32 Å². The summed E-state index contributed by atoms with van der Waals surface area (Å²) in [6.07, 6.45) is 0. The number of carbonyl (C=O) groups is 4. The molecule has 2 aliphatic rings. The van der Waals surface area contributed by atoms with Crippen LogP contribution in [0.3, 0.4) is 0 Å². The van der Waals surface area contributed by atoms with E-state index in [1.807, 2.05) is 0 Å². The quantitative estimate of drug-likeness (QED) is 0.630. The molecule has 2 aliphatic heterocycles. The largest absolute Gasteiger partial charge is 0.481 e. The van der Waals surface area contributed by atoms with E-state index in [4.69, 9.17) is 5.11 Å². The fraction of sp³-hybridized carbons (Fsp3) is 0.636. The van der Waals surface area contributed by atoms with Crippen molar-refractivity contribution in [3.05, 3.63) is 0 Å². The number of hydrogen-bond donors (Lipinski definition) is 2. The summed E-state index contributed by atoms with van der Waals surface area (Å²) in [6, 6.07) is -0.598. The van der Waals surface area contributed by atoms with E-state index in [0.717, 1.165) is 4.90 Å². The number of carboxylic acids is 1. The monoisotopic (exact) mass is 269 g/mol. The van der Waals surface area contributed by atoms with Gasteiger partial charge in [-0.1, -0.05) is 0 Å². The third kappa shape index (κ3) is 2.25. The Balaban J connectivity index is 1.92. The normalized spacial score (nSPS) is 22.2. The maximum absolute atomic E-state index is 11.9. The molecule has 0 aromatic rings. The summed E-state index contributed by atoms with van der Waals surface area (Å²) in [4.78, 5) is 48.0. The number of carboxylic acid groups (broad SMARTS) is 1. The van der Waals surface area contributed by atoms with Gasteiger partial charge in [0.2, 0.25) is 5.91 Å². The molecule has 0 spiro atoms. The van der Waals surface area contributed by atoms with Crippen LogP contribution in [0.2, 0.25) is 0 Å². The first-order chi connectivity index (χ1) is 8.72. The highest BCUT2D eigenvalue weighted by atomic mass is 16.4. The van der Waals surface area contributed by atoms with E-state index in [1.54, 1.807) is 13.8 Å². The van der Waals surface area contributed by atoms with Crippen LogP contribution in [0.1, 0.15) is 13.8 Å². The zero-order valence-corrected chi connectivity index (χ0v) is 10.7. The molecule has 0 aromatic carbocycles. The molecule has 0 radical (unpaired) electrons. The average molecular weight is 269 g/mol. The van der Waals surface area contributed by atoms with Gasteiger partial charge in [-0.2, -0.15) is 0 Å². The summed E-state index contributed by atoms with van der Waals surface area (Å²) in [6.45, 7) is 3.02. The lowest BCUT2D eigenvalue weighted by atomic mass is 10.0. The van der Waals surface area contributed by atoms with Crippen molar-refractivity contribution in [1.29, 1.82) is 0 Å². The molecule has 2 fully saturated rings. The number of likely N-dealkylation sites (tertiary alicyclic amines) is 1. The van der Waals surface area contributed by atoms with Crippen LogP contribution in [-0.4, -0.2) is 63.9 Å². The number of aliphatic carboxylic acids is 1. The van der Waals surface area contributed by atoms with Crippen molar-refractivity contribution >= 4 is 23.8 Å². The first-order valence-electron chi connectivity index (χ1n) is 5.87. The lowest BCUT2D eigenvalue weighted by molar-refractivity contribution is -0.154. The number of nitrogens with one attached hydrogen (secondary N) is 1. The van der Waals surface area contributed by atoms with Gasteiger partial charge < -0.3 is 15.3 Å². The van der Waals surface area contributed by atoms with Gasteiger partial charge in [-0.3, -0.25) is 19.3 Å². The van der Waals surface area contributed by atoms with E-state index in [0.29, 0.717) is 0 Å². The zero-order chi connectivity index (χ0) is 14.4. The van der Waals surface area contributed by atoms with Crippen LogP contribution in [0.25, 0.3) is 0 Å². The molecule has 4 amide bonds. The summed E-state index contributed by atoms with van der Waals surface area (Å²) in [7, 11) is 0.